The van der Waals surface area contributed by atoms with Crippen molar-refractivity contribution < 1.29 is 0 Å². The smallest absolute Gasteiger partial charge is 0.0778 e. The summed E-state index contributed by atoms with van der Waals surface area (Å²) in [4.78, 5) is 5.49. The van der Waals surface area contributed by atoms with Gasteiger partial charge in [0.1, 0.15) is 0 Å². The minimum Gasteiger partial charge on any atom is -0.248 e. The lowest BCUT2D eigenvalue weighted by atomic mass is 10.2. The zero-order chi connectivity index (χ0) is 22.5. The van der Waals surface area contributed by atoms with Gasteiger partial charge in [-0.25, -0.2) is 4.98 Å². The van der Waals surface area contributed by atoms with Crippen LogP contribution < -0.4 is 16.1 Å². The molecule has 162 valence electrons. The van der Waals surface area contributed by atoms with Gasteiger partial charge in [-0.3, -0.25) is 0 Å². The highest BCUT2D eigenvalue weighted by Crippen LogP contribution is 2.60. The highest BCUT2D eigenvalue weighted by Gasteiger charge is 2.41. The summed E-state index contributed by atoms with van der Waals surface area (Å²) in [6, 6.07) is 4.99. The molecule has 4 heteroatoms. The minimum atomic E-state index is -1.44. The van der Waals surface area contributed by atoms with Gasteiger partial charge >= 0.3 is 0 Å². The van der Waals surface area contributed by atoms with Crippen molar-refractivity contribution in [3.63, 3.8) is 0 Å². The fraction of sp³-hybridized carbons (Fsp3) is 0.792. The molecule has 0 aromatic carbocycles. The first-order valence-electron chi connectivity index (χ1n) is 10.7. The third-order valence-corrected chi connectivity index (χ3v) is 13.6. The first-order chi connectivity index (χ1) is 12.1. The molecule has 0 aliphatic heterocycles. The molecule has 1 heterocycles. The van der Waals surface area contributed by atoms with Gasteiger partial charge in [-0.1, -0.05) is 108 Å². The summed E-state index contributed by atoms with van der Waals surface area (Å²) in [5.41, 5.74) is 2.76. The Balaban J connectivity index is 3.90. The van der Waals surface area contributed by atoms with Crippen molar-refractivity contribution in [1.82, 2.24) is 4.98 Å². The van der Waals surface area contributed by atoms with Crippen LogP contribution >= 0.6 is 15.8 Å². The van der Waals surface area contributed by atoms with E-state index in [2.05, 4.69) is 115 Å². The summed E-state index contributed by atoms with van der Waals surface area (Å²) in [6.07, 6.45) is 0. The van der Waals surface area contributed by atoms with Crippen molar-refractivity contribution in [3.8, 4) is 0 Å². The van der Waals surface area contributed by atoms with Crippen molar-refractivity contribution in [2.45, 2.75) is 123 Å². The highest BCUT2D eigenvalue weighted by molar-refractivity contribution is 7.69. The van der Waals surface area contributed by atoms with E-state index in [0.29, 0.717) is 0 Å². The lowest BCUT2D eigenvalue weighted by Crippen LogP contribution is -2.46. The SMILES string of the molecule is CC(C)(C)P(c1cc([Si](C)(C)C)cc(P(C(C)(C)C)C(C)(C)C)n1)C(C)(C)C. The van der Waals surface area contributed by atoms with Gasteiger partial charge in [-0.2, -0.15) is 0 Å². The molecule has 1 nitrogen and oxygen atoms in total. The Bertz CT molecular complexity index is 599. The average Bonchev–Trinajstić information content (AvgIpc) is 2.29. The van der Waals surface area contributed by atoms with Gasteiger partial charge in [0, 0.05) is 0 Å². The second kappa shape index (κ2) is 8.05. The maximum atomic E-state index is 5.49. The van der Waals surface area contributed by atoms with Crippen LogP contribution in [0.25, 0.3) is 0 Å². The van der Waals surface area contributed by atoms with Crippen LogP contribution in [0.2, 0.25) is 19.6 Å². The third kappa shape index (κ3) is 6.62. The predicted octanol–water partition coefficient (Wildman–Crippen LogP) is 7.04. The Morgan fingerprint density at radius 2 is 0.821 bits per heavy atom. The van der Waals surface area contributed by atoms with E-state index in [1.54, 1.807) is 5.19 Å². The molecule has 0 bridgehead atoms. The number of nitrogens with zero attached hydrogens (tertiary/aromatic N) is 1. The first kappa shape index (κ1) is 26.3. The Morgan fingerprint density at radius 3 is 1.00 bits per heavy atom. The van der Waals surface area contributed by atoms with Crippen molar-refractivity contribution in [2.75, 3.05) is 0 Å². The first-order valence-corrected chi connectivity index (χ1v) is 16.9. The van der Waals surface area contributed by atoms with Crippen molar-refractivity contribution >= 4 is 40.0 Å². The molecule has 0 atom stereocenters. The maximum absolute atomic E-state index is 5.49. The lowest BCUT2D eigenvalue weighted by Gasteiger charge is -2.44. The number of pyridine rings is 1. The molecule has 1 rings (SSSR count). The molecule has 0 saturated carbocycles. The molecule has 0 spiro atoms. The molecular formula is C24H47NP2Si. The third-order valence-electron chi connectivity index (χ3n) is 4.81. The molecule has 0 radical (unpaired) electrons. The number of rotatable bonds is 3. The van der Waals surface area contributed by atoms with Crippen LogP contribution in [0.1, 0.15) is 83.1 Å². The molecule has 0 fully saturated rings. The Morgan fingerprint density at radius 1 is 0.571 bits per heavy atom. The minimum absolute atomic E-state index is 0.238. The molecule has 0 aliphatic rings. The Hall–Kier alpha value is 0.227. The quantitative estimate of drug-likeness (QED) is 0.364. The molecule has 0 amide bonds. The summed E-state index contributed by atoms with van der Waals surface area (Å²) in [5, 5.41) is 2.53. The average molecular weight is 440 g/mol. The molecule has 0 aliphatic carbocycles. The van der Waals surface area contributed by atoms with Crippen LogP contribution in [-0.4, -0.2) is 33.7 Å². The van der Waals surface area contributed by atoms with Gasteiger partial charge in [-0.15, -0.1) is 0 Å². The van der Waals surface area contributed by atoms with E-state index in [-0.39, 0.29) is 20.6 Å². The molecule has 1 aromatic heterocycles. The number of hydrogen-bond donors (Lipinski definition) is 0. The largest absolute Gasteiger partial charge is 0.248 e. The fourth-order valence-corrected chi connectivity index (χ4v) is 13.7. The van der Waals surface area contributed by atoms with Crippen LogP contribution in [0.3, 0.4) is 0 Å². The second-order valence-electron chi connectivity index (χ2n) is 13.2. The van der Waals surface area contributed by atoms with E-state index in [0.717, 1.165) is 0 Å². The van der Waals surface area contributed by atoms with Crippen LogP contribution in [0.5, 0.6) is 0 Å². The van der Waals surface area contributed by atoms with Crippen LogP contribution in [0.15, 0.2) is 12.1 Å². The summed E-state index contributed by atoms with van der Waals surface area (Å²) >= 11 is 0. The Kier molecular flexibility index (Phi) is 7.55. The van der Waals surface area contributed by atoms with E-state index in [1.807, 2.05) is 0 Å². The summed E-state index contributed by atoms with van der Waals surface area (Å²) in [7, 11) is -2.23. The van der Waals surface area contributed by atoms with E-state index in [1.165, 1.54) is 10.9 Å². The molecule has 0 unspecified atom stereocenters. The molecule has 28 heavy (non-hydrogen) atoms. The molecular weight excluding hydrogens is 392 g/mol. The van der Waals surface area contributed by atoms with Crippen LogP contribution in [-0.2, 0) is 0 Å². The molecule has 1 aromatic rings. The molecule has 0 N–H and O–H groups in total. The van der Waals surface area contributed by atoms with Crippen molar-refractivity contribution in [2.24, 2.45) is 0 Å². The lowest BCUT2D eigenvalue weighted by molar-refractivity contribution is 0.712. The van der Waals surface area contributed by atoms with E-state index < -0.39 is 23.9 Å². The zero-order valence-corrected chi connectivity index (χ0v) is 24.3. The topological polar surface area (TPSA) is 12.9 Å². The predicted molar refractivity (Wildman–Crippen MR) is 139 cm³/mol. The standard InChI is InChI=1S/C24H47NP2Si/c1-21(2,3)26(22(4,5)6)19-16-18(28(13,14)15)17-20(25-19)27(23(7,8)9)24(10,11)12/h16-17H,1-15H3. The van der Waals surface area contributed by atoms with Gasteiger partial charge in [0.2, 0.25) is 0 Å². The van der Waals surface area contributed by atoms with Crippen LogP contribution in [0.4, 0.5) is 0 Å². The molecule has 0 saturated heterocycles. The zero-order valence-electron chi connectivity index (χ0n) is 21.5. The van der Waals surface area contributed by atoms with Gasteiger partial charge in [-0.05, 0) is 48.6 Å². The summed E-state index contributed by atoms with van der Waals surface area (Å²) < 4.78 is 0. The second-order valence-corrected chi connectivity index (χ2v) is 25.9. The van der Waals surface area contributed by atoms with Crippen LogP contribution in [0, 0.1) is 0 Å². The number of aromatic nitrogens is 1. The van der Waals surface area contributed by atoms with Crippen molar-refractivity contribution in [1.29, 1.82) is 0 Å². The Labute approximate surface area is 180 Å². The summed E-state index contributed by atoms with van der Waals surface area (Å²) in [5.74, 6) is 0. The fourth-order valence-electron chi connectivity index (χ4n) is 4.55. The maximum Gasteiger partial charge on any atom is 0.0778 e. The van der Waals surface area contributed by atoms with Crippen molar-refractivity contribution in [3.05, 3.63) is 12.1 Å². The highest BCUT2D eigenvalue weighted by atomic mass is 31.1. The van der Waals surface area contributed by atoms with Gasteiger partial charge in [0.15, 0.2) is 0 Å². The van der Waals surface area contributed by atoms with Gasteiger partial charge in [0.05, 0.1) is 18.9 Å². The normalized spacial score (nSPS) is 14.9. The summed E-state index contributed by atoms with van der Waals surface area (Å²) in [6.45, 7) is 36.3. The van der Waals surface area contributed by atoms with Gasteiger partial charge in [0.25, 0.3) is 0 Å². The van der Waals surface area contributed by atoms with E-state index in [9.17, 15) is 0 Å². The van der Waals surface area contributed by atoms with E-state index >= 15 is 0 Å². The van der Waals surface area contributed by atoms with Gasteiger partial charge < -0.3 is 0 Å². The number of hydrogen-bond acceptors (Lipinski definition) is 1. The van der Waals surface area contributed by atoms with E-state index in [4.69, 9.17) is 4.98 Å². The monoisotopic (exact) mass is 439 g/mol.